The van der Waals surface area contributed by atoms with E-state index in [4.69, 9.17) is 4.74 Å². The molecule has 2 saturated heterocycles. The molecule has 2 aliphatic rings. The Morgan fingerprint density at radius 2 is 2.00 bits per heavy atom. The molecule has 0 bridgehead atoms. The summed E-state index contributed by atoms with van der Waals surface area (Å²) in [6, 6.07) is 9.55. The van der Waals surface area contributed by atoms with Crippen LogP contribution in [0.15, 0.2) is 24.3 Å². The maximum Gasteiger partial charge on any atom is 0.123 e. The van der Waals surface area contributed by atoms with E-state index in [1.54, 1.807) is 0 Å². The van der Waals surface area contributed by atoms with Crippen molar-refractivity contribution in [3.8, 4) is 5.75 Å². The highest BCUT2D eigenvalue weighted by atomic mass is 32.2. The highest BCUT2D eigenvalue weighted by Gasteiger charge is 2.31. The topological polar surface area (TPSA) is 35.9 Å². The number of rotatable bonds is 7. The Labute approximate surface area is 156 Å². The molecule has 0 spiro atoms. The number of ether oxygens (including phenoxy) is 1. The first-order valence-electron chi connectivity index (χ1n) is 9.69. The third-order valence-corrected chi connectivity index (χ3v) is 6.50. The average molecular weight is 365 g/mol. The van der Waals surface area contributed by atoms with E-state index in [0.29, 0.717) is 12.6 Å². The molecule has 2 heterocycles. The van der Waals surface area contributed by atoms with Gasteiger partial charge in [-0.15, -0.1) is 0 Å². The van der Waals surface area contributed by atoms with Crippen LogP contribution in [-0.2, 0) is 6.54 Å². The van der Waals surface area contributed by atoms with Crippen molar-refractivity contribution >= 4 is 11.8 Å². The second-order valence-corrected chi connectivity index (χ2v) is 8.24. The average Bonchev–Trinajstić information content (AvgIpc) is 2.66. The van der Waals surface area contributed by atoms with Crippen molar-refractivity contribution in [1.29, 1.82) is 0 Å². The molecule has 25 heavy (non-hydrogen) atoms. The van der Waals surface area contributed by atoms with Crippen molar-refractivity contribution < 1.29 is 9.84 Å². The van der Waals surface area contributed by atoms with Gasteiger partial charge in [0, 0.05) is 50.4 Å². The van der Waals surface area contributed by atoms with Crippen molar-refractivity contribution in [2.24, 2.45) is 0 Å². The van der Waals surface area contributed by atoms with Crippen molar-refractivity contribution in [2.45, 2.75) is 44.8 Å². The monoisotopic (exact) mass is 364 g/mol. The van der Waals surface area contributed by atoms with Gasteiger partial charge in [-0.25, -0.2) is 0 Å². The summed E-state index contributed by atoms with van der Waals surface area (Å²) in [5.74, 6) is 3.61. The van der Waals surface area contributed by atoms with Gasteiger partial charge in [-0.3, -0.25) is 9.80 Å². The van der Waals surface area contributed by atoms with E-state index in [0.717, 1.165) is 44.4 Å². The number of aliphatic hydroxyl groups is 1. The quantitative estimate of drug-likeness (QED) is 0.805. The van der Waals surface area contributed by atoms with Gasteiger partial charge in [0.15, 0.2) is 0 Å². The smallest absolute Gasteiger partial charge is 0.123 e. The molecule has 1 aromatic carbocycles. The first-order chi connectivity index (χ1) is 12.3. The molecule has 2 fully saturated rings. The third-order valence-electron chi connectivity index (χ3n) is 5.45. The van der Waals surface area contributed by atoms with E-state index in [9.17, 15) is 5.11 Å². The second kappa shape index (κ2) is 9.81. The molecule has 3 rings (SSSR count). The van der Waals surface area contributed by atoms with E-state index >= 15 is 0 Å². The first-order valence-corrected chi connectivity index (χ1v) is 10.8. The van der Waals surface area contributed by atoms with Gasteiger partial charge < -0.3 is 9.84 Å². The van der Waals surface area contributed by atoms with E-state index < -0.39 is 0 Å². The Morgan fingerprint density at radius 3 is 2.76 bits per heavy atom. The Bertz CT molecular complexity index is 522. The molecule has 1 atom stereocenters. The van der Waals surface area contributed by atoms with Gasteiger partial charge in [0.2, 0.25) is 0 Å². The van der Waals surface area contributed by atoms with E-state index in [1.165, 1.54) is 29.9 Å². The number of benzene rings is 1. The predicted molar refractivity (Wildman–Crippen MR) is 105 cm³/mol. The van der Waals surface area contributed by atoms with Crippen molar-refractivity contribution in [1.82, 2.24) is 9.80 Å². The lowest BCUT2D eigenvalue weighted by atomic mass is 10.0. The zero-order valence-electron chi connectivity index (χ0n) is 15.4. The Morgan fingerprint density at radius 1 is 1.20 bits per heavy atom. The normalized spacial score (nSPS) is 23.7. The van der Waals surface area contributed by atoms with Gasteiger partial charge in [-0.1, -0.05) is 18.2 Å². The van der Waals surface area contributed by atoms with Crippen LogP contribution < -0.4 is 4.74 Å². The van der Waals surface area contributed by atoms with Crippen LogP contribution in [0, 0.1) is 0 Å². The summed E-state index contributed by atoms with van der Waals surface area (Å²) < 4.78 is 5.80. The van der Waals surface area contributed by atoms with E-state index in [1.807, 2.05) is 13.0 Å². The van der Waals surface area contributed by atoms with Crippen molar-refractivity contribution in [3.63, 3.8) is 0 Å². The molecular formula is C20H32N2O2S. The van der Waals surface area contributed by atoms with Gasteiger partial charge in [-0.05, 0) is 43.8 Å². The lowest BCUT2D eigenvalue weighted by Crippen LogP contribution is -2.56. The molecular weight excluding hydrogens is 332 g/mol. The highest BCUT2D eigenvalue weighted by molar-refractivity contribution is 7.99. The summed E-state index contributed by atoms with van der Waals surface area (Å²) >= 11 is 2.09. The molecule has 0 unspecified atom stereocenters. The maximum atomic E-state index is 9.56. The fourth-order valence-corrected chi connectivity index (χ4v) is 5.16. The zero-order chi connectivity index (χ0) is 17.5. The number of hydrogen-bond donors (Lipinski definition) is 1. The molecule has 2 aliphatic heterocycles. The van der Waals surface area contributed by atoms with Gasteiger partial charge >= 0.3 is 0 Å². The molecule has 0 aliphatic carbocycles. The molecule has 5 heteroatoms. The van der Waals surface area contributed by atoms with E-state index in [2.05, 4.69) is 39.8 Å². The molecule has 1 aromatic rings. The number of piperazine rings is 1. The lowest BCUT2D eigenvalue weighted by molar-refractivity contribution is 0.0288. The second-order valence-electron chi connectivity index (χ2n) is 7.02. The highest BCUT2D eigenvalue weighted by Crippen LogP contribution is 2.27. The SMILES string of the molecule is CCOc1ccccc1CN1CCN(C2CCSCC2)C[C@@H]1CCO. The Kier molecular flexibility index (Phi) is 7.47. The minimum Gasteiger partial charge on any atom is -0.494 e. The number of nitrogens with zero attached hydrogens (tertiary/aromatic N) is 2. The molecule has 1 N–H and O–H groups in total. The standard InChI is InChI=1S/C20H32N2O2S/c1-2-24-20-6-4-3-5-17(20)15-21-10-11-22(16-19(21)7-12-23)18-8-13-25-14-9-18/h3-6,18-19,23H,2,7-16H2,1H3/t19-/m0/s1. The largest absolute Gasteiger partial charge is 0.494 e. The number of thioether (sulfide) groups is 1. The van der Waals surface area contributed by atoms with Crippen LogP contribution in [-0.4, -0.2) is 71.3 Å². The molecule has 0 amide bonds. The Balaban J connectivity index is 1.65. The van der Waals surface area contributed by atoms with Crippen molar-refractivity contribution in [3.05, 3.63) is 29.8 Å². The van der Waals surface area contributed by atoms with Crippen LogP contribution in [0.5, 0.6) is 5.75 Å². The molecule has 0 saturated carbocycles. The summed E-state index contributed by atoms with van der Waals surface area (Å²) in [5.41, 5.74) is 1.26. The summed E-state index contributed by atoms with van der Waals surface area (Å²) in [5, 5.41) is 9.56. The summed E-state index contributed by atoms with van der Waals surface area (Å²) in [6.07, 6.45) is 3.50. The zero-order valence-corrected chi connectivity index (χ0v) is 16.2. The van der Waals surface area contributed by atoms with Gasteiger partial charge in [0.25, 0.3) is 0 Å². The van der Waals surface area contributed by atoms with Crippen LogP contribution in [0.25, 0.3) is 0 Å². The summed E-state index contributed by atoms with van der Waals surface area (Å²) in [7, 11) is 0. The number of aliphatic hydroxyl groups excluding tert-OH is 1. The van der Waals surface area contributed by atoms with Crippen LogP contribution in [0.3, 0.4) is 0 Å². The molecule has 0 aromatic heterocycles. The van der Waals surface area contributed by atoms with E-state index in [-0.39, 0.29) is 6.61 Å². The fraction of sp³-hybridized carbons (Fsp3) is 0.700. The van der Waals surface area contributed by atoms with Gasteiger partial charge in [0.05, 0.1) is 6.61 Å². The lowest BCUT2D eigenvalue weighted by Gasteiger charge is -2.45. The van der Waals surface area contributed by atoms with Crippen LogP contribution in [0.1, 0.15) is 31.7 Å². The first kappa shape index (κ1) is 19.0. The van der Waals surface area contributed by atoms with Crippen LogP contribution in [0.2, 0.25) is 0 Å². The molecule has 140 valence electrons. The Hall–Kier alpha value is -0.750. The number of hydrogen-bond acceptors (Lipinski definition) is 5. The van der Waals surface area contributed by atoms with Crippen LogP contribution >= 0.6 is 11.8 Å². The minimum absolute atomic E-state index is 0.267. The van der Waals surface area contributed by atoms with Gasteiger partial charge in [-0.2, -0.15) is 11.8 Å². The molecule has 4 nitrogen and oxygen atoms in total. The minimum atomic E-state index is 0.267. The predicted octanol–water partition coefficient (Wildman–Crippen LogP) is 2.85. The maximum absolute atomic E-state index is 9.56. The number of para-hydroxylation sites is 1. The summed E-state index contributed by atoms with van der Waals surface area (Å²) in [4.78, 5) is 5.23. The summed E-state index contributed by atoms with van der Waals surface area (Å²) in [6.45, 7) is 7.23. The van der Waals surface area contributed by atoms with Gasteiger partial charge in [0.1, 0.15) is 5.75 Å². The fourth-order valence-electron chi connectivity index (χ4n) is 4.08. The third kappa shape index (κ3) is 5.13. The van der Waals surface area contributed by atoms with Crippen molar-refractivity contribution in [2.75, 3.05) is 44.4 Å². The molecule has 0 radical (unpaired) electrons. The van der Waals surface area contributed by atoms with Crippen LogP contribution in [0.4, 0.5) is 0 Å².